The molecule has 8 heavy (non-hydrogen) atoms. The molecule has 0 aromatic heterocycles. The van der Waals surface area contributed by atoms with E-state index in [1.807, 2.05) is 0 Å². The van der Waals surface area contributed by atoms with Crippen LogP contribution in [0.5, 0.6) is 0 Å². The molecule has 5 N–H and O–H groups in total. The van der Waals surface area contributed by atoms with Gasteiger partial charge >= 0.3 is 0 Å². The van der Waals surface area contributed by atoms with Crippen molar-refractivity contribution in [2.24, 2.45) is 5.73 Å². The topological polar surface area (TPSA) is 109 Å². The van der Waals surface area contributed by atoms with Crippen molar-refractivity contribution in [3.63, 3.8) is 0 Å². The summed E-state index contributed by atoms with van der Waals surface area (Å²) in [6, 6.07) is 0. The molecular formula is C4H20N4. The summed E-state index contributed by atoms with van der Waals surface area (Å²) >= 11 is 0. The molecule has 0 heterocycles. The van der Waals surface area contributed by atoms with Crippen LogP contribution in [0.3, 0.4) is 0 Å². The largest absolute Gasteiger partial charge is 0.344 e. The second kappa shape index (κ2) is 415. The zero-order chi connectivity index (χ0) is 4.00. The smallest absolute Gasteiger partial charge is 0 e. The summed E-state index contributed by atoms with van der Waals surface area (Å²) in [5.74, 6) is 0. The van der Waals surface area contributed by atoms with Gasteiger partial charge in [0.05, 0.1) is 0 Å². The highest BCUT2D eigenvalue weighted by Crippen LogP contribution is 0.592. The number of hydrogen-bond acceptors (Lipinski definition) is 4. The van der Waals surface area contributed by atoms with Crippen molar-refractivity contribution < 1.29 is 0 Å². The number of nitrogens with zero attached hydrogens (tertiary/aromatic N) is 2. The molecule has 4 nitrogen and oxygen atoms in total. The van der Waals surface area contributed by atoms with E-state index in [2.05, 4.69) is 5.73 Å². The fourth-order valence-corrected chi connectivity index (χ4v) is 0. The van der Waals surface area contributed by atoms with Gasteiger partial charge in [0.2, 0.25) is 0 Å². The Morgan fingerprint density at radius 3 is 0.875 bits per heavy atom. The molecule has 0 atom stereocenters. The van der Waals surface area contributed by atoms with Gasteiger partial charge in [-0.15, -0.1) is 0 Å². The number of hydrogen-bond donors (Lipinski definition) is 2. The lowest BCUT2D eigenvalue weighted by molar-refractivity contribution is 1.15. The Kier molecular flexibility index (Phi) is 8520. The van der Waals surface area contributed by atoms with E-state index in [1.165, 1.54) is 7.05 Å². The van der Waals surface area contributed by atoms with Crippen molar-refractivity contribution in [1.82, 2.24) is 6.15 Å². The van der Waals surface area contributed by atoms with Gasteiger partial charge in [-0.1, -0.05) is 22.3 Å². The van der Waals surface area contributed by atoms with Crippen LogP contribution >= 0.6 is 0 Å². The Morgan fingerprint density at radius 1 is 0.875 bits per heavy atom. The molecule has 0 bridgehead atoms. The van der Waals surface area contributed by atoms with Crippen LogP contribution in [0.2, 0.25) is 0 Å². The molecule has 0 aliphatic rings. The molecule has 0 saturated carbocycles. The minimum Gasteiger partial charge on any atom is -0.344 e. The minimum absolute atomic E-state index is 0. The third-order valence-corrected chi connectivity index (χ3v) is 0. The highest BCUT2D eigenvalue weighted by atomic mass is 14.6. The fourth-order valence-electron chi connectivity index (χ4n) is 0. The number of nitrogens with two attached hydrogens (primary N) is 1. The molecule has 0 saturated heterocycles. The van der Waals surface area contributed by atoms with Crippen molar-refractivity contribution >= 4 is 0 Å². The van der Waals surface area contributed by atoms with E-state index in [0.717, 1.165) is 0 Å². The molecule has 0 aromatic carbocycles. The highest BCUT2D eigenvalue weighted by molar-refractivity contribution is 3.54. The Bertz CT molecular complexity index is 12.8. The van der Waals surface area contributed by atoms with Crippen molar-refractivity contribution in [2.75, 3.05) is 7.05 Å². The van der Waals surface area contributed by atoms with Gasteiger partial charge in [0.25, 0.3) is 0 Å². The van der Waals surface area contributed by atoms with E-state index < -0.39 is 0 Å². The first-order valence-corrected chi connectivity index (χ1v) is 0.777. The first-order chi connectivity index (χ1) is 2.00. The molecule has 0 amide bonds. The predicted molar refractivity (Wildman–Crippen MR) is 38.8 cm³/mol. The Labute approximate surface area is 53.1 Å². The normalized spacial score (nSPS) is 1.00. The maximum Gasteiger partial charge on any atom is 0 e. The average molecular weight is 124 g/mol. The molecule has 0 spiro atoms. The molecule has 0 aromatic rings. The molecule has 0 aliphatic carbocycles. The Balaban J connectivity index is -0.00000000167. The summed E-state index contributed by atoms with van der Waals surface area (Å²) in [6.07, 6.45) is 0. The molecule has 56 valence electrons. The lowest BCUT2D eigenvalue weighted by Gasteiger charge is -1.19. The van der Waals surface area contributed by atoms with E-state index in [9.17, 15) is 0 Å². The molecule has 0 radical (unpaired) electrons. The monoisotopic (exact) mass is 124 g/mol. The molecule has 0 fully saturated rings. The minimum atomic E-state index is 0. The zero-order valence-corrected chi connectivity index (χ0v) is 3.18. The Hall–Kier alpha value is -0.660. The Morgan fingerprint density at radius 2 is 0.875 bits per heavy atom. The first-order valence-electron chi connectivity index (χ1n) is 0.777. The second-order valence-corrected chi connectivity index (χ2v) is 0. The molecular weight excluding hydrogens is 104 g/mol. The molecule has 4 heteroatoms. The molecule has 0 aliphatic heterocycles. The summed E-state index contributed by atoms with van der Waals surface area (Å²) in [5.41, 5.74) is 4.50. The van der Waals surface area contributed by atoms with E-state index in [0.29, 0.717) is 0 Å². The van der Waals surface area contributed by atoms with E-state index >= 15 is 0 Å². The standard InChI is InChI=1S/CH5N.3CH4.N2.H3N/c1-2;;;;1-2;/h2H2,1H3;3*1H4;;1H3. The quantitative estimate of drug-likeness (QED) is 0.478. The SMILES string of the molecule is C.C.C.CN.N.N#N. The first kappa shape index (κ1) is 164. The van der Waals surface area contributed by atoms with Crippen LogP contribution in [0.25, 0.3) is 0 Å². The maximum atomic E-state index is 6.00. The van der Waals surface area contributed by atoms with Gasteiger partial charge < -0.3 is 11.9 Å². The van der Waals surface area contributed by atoms with Gasteiger partial charge in [-0.05, 0) is 7.05 Å². The van der Waals surface area contributed by atoms with Crippen molar-refractivity contribution in [1.29, 1.82) is 10.8 Å². The maximum absolute atomic E-state index is 6.00. The third kappa shape index (κ3) is 231. The van der Waals surface area contributed by atoms with Crippen LogP contribution in [0.1, 0.15) is 22.3 Å². The summed E-state index contributed by atoms with van der Waals surface area (Å²) < 4.78 is 0. The molecule has 0 unspecified atom stereocenters. The van der Waals surface area contributed by atoms with Gasteiger partial charge in [-0.25, -0.2) is 0 Å². The summed E-state index contributed by atoms with van der Waals surface area (Å²) in [7, 11) is 1.50. The van der Waals surface area contributed by atoms with Crippen molar-refractivity contribution in [3.8, 4) is 0 Å². The van der Waals surface area contributed by atoms with Crippen LogP contribution < -0.4 is 11.9 Å². The summed E-state index contributed by atoms with van der Waals surface area (Å²) in [5, 5.41) is 12.0. The summed E-state index contributed by atoms with van der Waals surface area (Å²) in [4.78, 5) is 0. The highest BCUT2D eigenvalue weighted by Gasteiger charge is 0.836. The summed E-state index contributed by atoms with van der Waals surface area (Å²) in [6.45, 7) is 0. The fraction of sp³-hybridized carbons (Fsp3) is 1.00. The van der Waals surface area contributed by atoms with E-state index in [-0.39, 0.29) is 28.4 Å². The van der Waals surface area contributed by atoms with E-state index in [4.69, 9.17) is 10.8 Å². The van der Waals surface area contributed by atoms with Gasteiger partial charge in [-0.3, -0.25) is 0 Å². The van der Waals surface area contributed by atoms with Gasteiger partial charge in [0, 0.05) is 10.8 Å². The predicted octanol–water partition coefficient (Wildman–Crippen LogP) is 1.68. The lowest BCUT2D eigenvalue weighted by atomic mass is 11.6. The van der Waals surface area contributed by atoms with Crippen LogP contribution in [0, 0.1) is 10.8 Å². The van der Waals surface area contributed by atoms with Crippen molar-refractivity contribution in [2.45, 2.75) is 22.3 Å². The lowest BCUT2D eigenvalue weighted by Crippen LogP contribution is -1.69. The number of rotatable bonds is 0. The third-order valence-electron chi connectivity index (χ3n) is 0. The van der Waals surface area contributed by atoms with Crippen LogP contribution in [-0.4, -0.2) is 7.05 Å². The van der Waals surface area contributed by atoms with Gasteiger partial charge in [0.15, 0.2) is 0 Å². The van der Waals surface area contributed by atoms with Crippen LogP contribution in [-0.2, 0) is 0 Å². The van der Waals surface area contributed by atoms with E-state index in [1.54, 1.807) is 0 Å². The molecule has 0 rings (SSSR count). The van der Waals surface area contributed by atoms with Gasteiger partial charge in [-0.2, -0.15) is 0 Å². The van der Waals surface area contributed by atoms with Crippen LogP contribution in [0.15, 0.2) is 0 Å². The van der Waals surface area contributed by atoms with Crippen molar-refractivity contribution in [3.05, 3.63) is 0 Å². The zero-order valence-electron chi connectivity index (χ0n) is 3.18. The average Bonchev–Trinajstić information content (AvgIpc) is 1.50. The van der Waals surface area contributed by atoms with Gasteiger partial charge in [0.1, 0.15) is 0 Å². The second-order valence-electron chi connectivity index (χ2n) is 0. The van der Waals surface area contributed by atoms with Crippen LogP contribution in [0.4, 0.5) is 0 Å².